The van der Waals surface area contributed by atoms with Crippen LogP contribution in [0.5, 0.6) is 5.75 Å². The van der Waals surface area contributed by atoms with E-state index in [4.69, 9.17) is 6.57 Å². The zero-order valence-electron chi connectivity index (χ0n) is 20.2. The molecule has 0 radical (unpaired) electrons. The standard InChI is InChI=1S/C25H25F4N5O2/c1-14-13-34(21-11-23(35)32(5)20-8-9-22(30-4)31-24(20)21)15(2)12-33(14)16(3)18-7-6-17(10-19(18)26)36-25(27,28)29/h6-11,14-16H,12-13H2,1-3,5H3/t14-,15+,16?/m1/s1. The van der Waals surface area contributed by atoms with Crippen molar-refractivity contribution in [2.24, 2.45) is 7.05 Å². The fraction of sp³-hybridized carbons (Fsp3) is 0.400. The van der Waals surface area contributed by atoms with E-state index in [1.54, 1.807) is 26.1 Å². The van der Waals surface area contributed by atoms with E-state index in [1.165, 1.54) is 16.7 Å². The molecule has 190 valence electrons. The van der Waals surface area contributed by atoms with Gasteiger partial charge in [0.1, 0.15) is 11.6 Å². The van der Waals surface area contributed by atoms with Gasteiger partial charge in [0, 0.05) is 56.0 Å². The summed E-state index contributed by atoms with van der Waals surface area (Å²) >= 11 is 0. The average molecular weight is 504 g/mol. The van der Waals surface area contributed by atoms with E-state index in [1.807, 2.05) is 13.8 Å². The minimum absolute atomic E-state index is 0.0927. The smallest absolute Gasteiger partial charge is 0.406 e. The number of benzene rings is 1. The largest absolute Gasteiger partial charge is 0.573 e. The number of nitrogens with zero attached hydrogens (tertiary/aromatic N) is 5. The molecular weight excluding hydrogens is 478 g/mol. The number of alkyl halides is 3. The molecule has 11 heteroatoms. The molecule has 1 aliphatic heterocycles. The molecule has 3 atom stereocenters. The molecule has 0 bridgehead atoms. The highest BCUT2D eigenvalue weighted by molar-refractivity contribution is 5.89. The minimum Gasteiger partial charge on any atom is -0.406 e. The molecule has 2 aromatic heterocycles. The Bertz CT molecular complexity index is 1400. The Hall–Kier alpha value is -3.65. The second-order valence-corrected chi connectivity index (χ2v) is 9.03. The van der Waals surface area contributed by atoms with Crippen molar-refractivity contribution in [3.8, 4) is 5.75 Å². The van der Waals surface area contributed by atoms with Crippen molar-refractivity contribution in [2.45, 2.75) is 45.3 Å². The number of fused-ring (bicyclic) bond motifs is 1. The van der Waals surface area contributed by atoms with Crippen molar-refractivity contribution >= 4 is 22.5 Å². The SMILES string of the molecule is [C-]#[N+]c1ccc2c(n1)c(N1C[C@@H](C)N(C(C)c3ccc(OC(F)(F)F)cc3F)C[C@@H]1C)cc(=O)n2C. The van der Waals surface area contributed by atoms with E-state index in [0.29, 0.717) is 29.8 Å². The molecule has 0 N–H and O–H groups in total. The van der Waals surface area contributed by atoms with E-state index in [2.05, 4.69) is 24.4 Å². The van der Waals surface area contributed by atoms with Crippen LogP contribution in [0.25, 0.3) is 15.9 Å². The number of pyridine rings is 2. The third-order valence-electron chi connectivity index (χ3n) is 6.67. The van der Waals surface area contributed by atoms with Gasteiger partial charge in [0.25, 0.3) is 11.4 Å². The highest BCUT2D eigenvalue weighted by Crippen LogP contribution is 2.35. The molecule has 3 heterocycles. The van der Waals surface area contributed by atoms with Crippen molar-refractivity contribution < 1.29 is 22.3 Å². The first-order valence-electron chi connectivity index (χ1n) is 11.4. The van der Waals surface area contributed by atoms with E-state index >= 15 is 0 Å². The molecule has 1 fully saturated rings. The second-order valence-electron chi connectivity index (χ2n) is 9.03. The van der Waals surface area contributed by atoms with Crippen molar-refractivity contribution in [3.05, 3.63) is 69.5 Å². The molecule has 1 aromatic carbocycles. The Kier molecular flexibility index (Phi) is 6.66. The molecule has 7 nitrogen and oxygen atoms in total. The Morgan fingerprint density at radius 2 is 1.86 bits per heavy atom. The summed E-state index contributed by atoms with van der Waals surface area (Å²) in [6.07, 6.45) is -4.90. The fourth-order valence-corrected chi connectivity index (χ4v) is 4.83. The number of anilines is 1. The summed E-state index contributed by atoms with van der Waals surface area (Å²) in [5.41, 5.74) is 1.86. The van der Waals surface area contributed by atoms with Crippen molar-refractivity contribution in [2.75, 3.05) is 18.0 Å². The van der Waals surface area contributed by atoms with Crippen molar-refractivity contribution in [1.29, 1.82) is 0 Å². The molecule has 0 spiro atoms. The van der Waals surface area contributed by atoms with Gasteiger partial charge >= 0.3 is 6.36 Å². The predicted octanol–water partition coefficient (Wildman–Crippen LogP) is 5.18. The van der Waals surface area contributed by atoms with Crippen LogP contribution in [0.3, 0.4) is 0 Å². The van der Waals surface area contributed by atoms with Crippen LogP contribution in [0.4, 0.5) is 29.1 Å². The lowest BCUT2D eigenvalue weighted by molar-refractivity contribution is -0.274. The molecule has 0 saturated carbocycles. The Morgan fingerprint density at radius 3 is 2.50 bits per heavy atom. The first-order valence-corrected chi connectivity index (χ1v) is 11.4. The zero-order chi connectivity index (χ0) is 26.4. The van der Waals surface area contributed by atoms with Crippen LogP contribution in [0.1, 0.15) is 32.4 Å². The van der Waals surface area contributed by atoms with Crippen LogP contribution in [-0.4, -0.2) is 46.0 Å². The van der Waals surface area contributed by atoms with E-state index < -0.39 is 24.0 Å². The van der Waals surface area contributed by atoms with Crippen LogP contribution in [0, 0.1) is 12.4 Å². The summed E-state index contributed by atoms with van der Waals surface area (Å²) in [7, 11) is 1.65. The second kappa shape index (κ2) is 9.43. The van der Waals surface area contributed by atoms with Crippen molar-refractivity contribution in [3.63, 3.8) is 0 Å². The predicted molar refractivity (Wildman–Crippen MR) is 128 cm³/mol. The maximum Gasteiger partial charge on any atom is 0.573 e. The first kappa shape index (κ1) is 25.4. The number of hydrogen-bond acceptors (Lipinski definition) is 5. The molecule has 4 rings (SSSR count). The van der Waals surface area contributed by atoms with E-state index in [9.17, 15) is 22.4 Å². The van der Waals surface area contributed by atoms with E-state index in [-0.39, 0.29) is 29.0 Å². The normalized spacial score (nSPS) is 19.8. The van der Waals surface area contributed by atoms with Crippen LogP contribution >= 0.6 is 0 Å². The molecule has 3 aromatic rings. The van der Waals surface area contributed by atoms with Crippen LogP contribution in [0.15, 0.2) is 41.2 Å². The number of hydrogen-bond donors (Lipinski definition) is 0. The number of rotatable bonds is 4. The van der Waals surface area contributed by atoms with Gasteiger partial charge < -0.3 is 19.0 Å². The third-order valence-corrected chi connectivity index (χ3v) is 6.67. The summed E-state index contributed by atoms with van der Waals surface area (Å²) in [5, 5.41) is 0. The molecular formula is C25H25F4N5O2. The van der Waals surface area contributed by atoms with Gasteiger partial charge in [0.15, 0.2) is 0 Å². The molecule has 1 aliphatic rings. The number of aromatic nitrogens is 2. The van der Waals surface area contributed by atoms with Gasteiger partial charge in [-0.1, -0.05) is 12.6 Å². The summed E-state index contributed by atoms with van der Waals surface area (Å²) < 4.78 is 57.5. The Morgan fingerprint density at radius 1 is 1.14 bits per heavy atom. The van der Waals surface area contributed by atoms with Gasteiger partial charge in [-0.2, -0.15) is 0 Å². The highest BCUT2D eigenvalue weighted by Gasteiger charge is 2.36. The monoisotopic (exact) mass is 503 g/mol. The fourth-order valence-electron chi connectivity index (χ4n) is 4.83. The summed E-state index contributed by atoms with van der Waals surface area (Å²) in [6.45, 7) is 14.1. The first-order chi connectivity index (χ1) is 16.9. The van der Waals surface area contributed by atoms with Gasteiger partial charge in [0.2, 0.25) is 5.52 Å². The molecule has 1 unspecified atom stereocenters. The minimum atomic E-state index is -4.90. The van der Waals surface area contributed by atoms with Crippen LogP contribution < -0.4 is 15.2 Å². The maximum atomic E-state index is 14.8. The summed E-state index contributed by atoms with van der Waals surface area (Å²) in [4.78, 5) is 24.7. The molecule has 0 amide bonds. The number of halogens is 4. The van der Waals surface area contributed by atoms with Gasteiger partial charge in [-0.3, -0.25) is 9.69 Å². The number of piperazine rings is 1. The lowest BCUT2D eigenvalue weighted by atomic mass is 9.99. The van der Waals surface area contributed by atoms with Crippen molar-refractivity contribution in [1.82, 2.24) is 14.5 Å². The lowest BCUT2D eigenvalue weighted by Gasteiger charge is -2.47. The quantitative estimate of drug-likeness (QED) is 0.363. The Balaban J connectivity index is 1.63. The van der Waals surface area contributed by atoms with E-state index in [0.717, 1.165) is 12.1 Å². The molecule has 1 saturated heterocycles. The highest BCUT2D eigenvalue weighted by atomic mass is 19.4. The topological polar surface area (TPSA) is 55.0 Å². The number of aryl methyl sites for hydroxylation is 1. The zero-order valence-corrected chi connectivity index (χ0v) is 20.2. The number of ether oxygens (including phenoxy) is 1. The average Bonchev–Trinajstić information content (AvgIpc) is 2.81. The lowest BCUT2D eigenvalue weighted by Crippen LogP contribution is -2.57. The van der Waals surface area contributed by atoms with Gasteiger partial charge in [0.05, 0.1) is 11.2 Å². The molecule has 0 aliphatic carbocycles. The summed E-state index contributed by atoms with van der Waals surface area (Å²) in [5.74, 6) is -1.16. The maximum absolute atomic E-state index is 14.8. The Labute approximate surface area is 205 Å². The summed E-state index contributed by atoms with van der Waals surface area (Å²) in [6, 6.07) is 7.36. The van der Waals surface area contributed by atoms with Gasteiger partial charge in [-0.05, 0) is 39.0 Å². The molecule has 36 heavy (non-hydrogen) atoms. The van der Waals surface area contributed by atoms with Gasteiger partial charge in [-0.15, -0.1) is 18.2 Å². The third kappa shape index (κ3) is 4.86. The van der Waals surface area contributed by atoms with Crippen LogP contribution in [-0.2, 0) is 7.05 Å². The van der Waals surface area contributed by atoms with Crippen LogP contribution in [0.2, 0.25) is 0 Å². The van der Waals surface area contributed by atoms with Gasteiger partial charge in [-0.25, -0.2) is 4.39 Å².